The van der Waals surface area contributed by atoms with Gasteiger partial charge in [0.25, 0.3) is 5.69 Å². The van der Waals surface area contributed by atoms with Crippen molar-refractivity contribution in [3.63, 3.8) is 0 Å². The van der Waals surface area contributed by atoms with E-state index < -0.39 is 21.8 Å². The summed E-state index contributed by atoms with van der Waals surface area (Å²) in [4.78, 5) is 12.2. The SMILES string of the molecule is CCCS(=O)CCCN(CC)CC(O)COc1ccc([N+](=O)[O-])cc1. The molecule has 0 saturated carbocycles. The van der Waals surface area contributed by atoms with Gasteiger partial charge in [-0.1, -0.05) is 13.8 Å². The summed E-state index contributed by atoms with van der Waals surface area (Å²) in [6.45, 7) is 6.24. The molecule has 1 N–H and O–H groups in total. The van der Waals surface area contributed by atoms with Crippen LogP contribution in [0.2, 0.25) is 0 Å². The second-order valence-electron chi connectivity index (χ2n) is 5.81. The quantitative estimate of drug-likeness (QED) is 0.421. The lowest BCUT2D eigenvalue weighted by molar-refractivity contribution is -0.384. The summed E-state index contributed by atoms with van der Waals surface area (Å²) in [5.41, 5.74) is 0.00511. The lowest BCUT2D eigenvalue weighted by atomic mass is 10.3. The molecule has 0 aliphatic heterocycles. The van der Waals surface area contributed by atoms with E-state index in [0.29, 0.717) is 18.0 Å². The maximum Gasteiger partial charge on any atom is 0.269 e. The molecule has 2 unspecified atom stereocenters. The first-order valence-electron chi connectivity index (χ1n) is 8.58. The first-order valence-corrected chi connectivity index (χ1v) is 10.1. The Balaban J connectivity index is 2.31. The van der Waals surface area contributed by atoms with Gasteiger partial charge in [0.05, 0.1) is 4.92 Å². The Labute approximate surface area is 151 Å². The Bertz CT molecular complexity index is 538. The van der Waals surface area contributed by atoms with Gasteiger partial charge in [-0.05, 0) is 38.1 Å². The summed E-state index contributed by atoms with van der Waals surface area (Å²) >= 11 is 0. The van der Waals surface area contributed by atoms with Crippen LogP contribution in [0.4, 0.5) is 5.69 Å². The van der Waals surface area contributed by atoms with Gasteiger partial charge in [-0.15, -0.1) is 0 Å². The van der Waals surface area contributed by atoms with Gasteiger partial charge in [-0.2, -0.15) is 0 Å². The molecule has 0 spiro atoms. The number of nitro benzene ring substituents is 1. The summed E-state index contributed by atoms with van der Waals surface area (Å²) in [6, 6.07) is 5.78. The van der Waals surface area contributed by atoms with Crippen LogP contribution in [0.3, 0.4) is 0 Å². The van der Waals surface area contributed by atoms with E-state index in [0.717, 1.165) is 31.7 Å². The largest absolute Gasteiger partial charge is 0.491 e. The van der Waals surface area contributed by atoms with Gasteiger partial charge < -0.3 is 14.7 Å². The average molecular weight is 372 g/mol. The number of non-ortho nitro benzene ring substituents is 1. The van der Waals surface area contributed by atoms with Crippen LogP contribution in [-0.4, -0.2) is 63.0 Å². The van der Waals surface area contributed by atoms with Gasteiger partial charge in [0.15, 0.2) is 0 Å². The number of hydrogen-bond acceptors (Lipinski definition) is 6. The van der Waals surface area contributed by atoms with Crippen molar-refractivity contribution in [2.24, 2.45) is 0 Å². The van der Waals surface area contributed by atoms with E-state index >= 15 is 0 Å². The van der Waals surface area contributed by atoms with Gasteiger partial charge in [-0.25, -0.2) is 0 Å². The van der Waals surface area contributed by atoms with E-state index in [4.69, 9.17) is 4.74 Å². The van der Waals surface area contributed by atoms with Crippen LogP contribution < -0.4 is 4.74 Å². The van der Waals surface area contributed by atoms with Crippen LogP contribution in [-0.2, 0) is 10.8 Å². The standard InChI is InChI=1S/C17H28N2O5S/c1-3-11-25(23)12-5-10-18(4-2)13-16(20)14-24-17-8-6-15(7-9-17)19(21)22/h6-9,16,20H,3-5,10-14H2,1-2H3. The Morgan fingerprint density at radius 3 is 2.52 bits per heavy atom. The molecule has 0 heterocycles. The van der Waals surface area contributed by atoms with Crippen molar-refractivity contribution in [3.8, 4) is 5.75 Å². The number of aliphatic hydroxyl groups is 1. The number of likely N-dealkylation sites (N-methyl/N-ethyl adjacent to an activating group) is 1. The summed E-state index contributed by atoms with van der Waals surface area (Å²) in [5.74, 6) is 1.93. The average Bonchev–Trinajstić information content (AvgIpc) is 2.59. The molecule has 2 atom stereocenters. The predicted octanol–water partition coefficient (Wildman–Crippen LogP) is 2.21. The summed E-state index contributed by atoms with van der Waals surface area (Å²) in [5, 5.41) is 20.7. The summed E-state index contributed by atoms with van der Waals surface area (Å²) < 4.78 is 17.1. The monoisotopic (exact) mass is 372 g/mol. The van der Waals surface area contributed by atoms with Crippen molar-refractivity contribution in [1.29, 1.82) is 0 Å². The van der Waals surface area contributed by atoms with Crippen molar-refractivity contribution >= 4 is 16.5 Å². The molecule has 0 bridgehead atoms. The topological polar surface area (TPSA) is 92.9 Å². The van der Waals surface area contributed by atoms with Gasteiger partial charge >= 0.3 is 0 Å². The minimum atomic E-state index is -0.747. The molecule has 142 valence electrons. The van der Waals surface area contributed by atoms with Crippen LogP contribution in [0.1, 0.15) is 26.7 Å². The third-order valence-electron chi connectivity index (χ3n) is 3.68. The lowest BCUT2D eigenvalue weighted by Gasteiger charge is -2.23. The highest BCUT2D eigenvalue weighted by atomic mass is 32.2. The first kappa shape index (κ1) is 21.5. The van der Waals surface area contributed by atoms with Crippen LogP contribution in [0, 0.1) is 10.1 Å². The van der Waals surface area contributed by atoms with E-state index in [-0.39, 0.29) is 12.3 Å². The van der Waals surface area contributed by atoms with Crippen LogP contribution >= 0.6 is 0 Å². The molecular formula is C17H28N2O5S. The summed E-state index contributed by atoms with van der Waals surface area (Å²) in [6.07, 6.45) is 1.12. The highest BCUT2D eigenvalue weighted by Gasteiger charge is 2.12. The molecule has 0 fully saturated rings. The Morgan fingerprint density at radius 2 is 1.96 bits per heavy atom. The fourth-order valence-electron chi connectivity index (χ4n) is 2.36. The Kier molecular flexibility index (Phi) is 10.3. The highest BCUT2D eigenvalue weighted by molar-refractivity contribution is 7.84. The van der Waals surface area contributed by atoms with Crippen molar-refractivity contribution < 1.29 is 19.0 Å². The molecule has 0 aliphatic carbocycles. The van der Waals surface area contributed by atoms with E-state index in [1.807, 2.05) is 13.8 Å². The highest BCUT2D eigenvalue weighted by Crippen LogP contribution is 2.17. The molecule has 7 nitrogen and oxygen atoms in total. The lowest BCUT2D eigenvalue weighted by Crippen LogP contribution is -2.36. The Hall–Kier alpha value is -1.51. The number of aliphatic hydroxyl groups excluding tert-OH is 1. The predicted molar refractivity (Wildman–Crippen MR) is 99.5 cm³/mol. The molecule has 1 rings (SSSR count). The Morgan fingerprint density at radius 1 is 1.28 bits per heavy atom. The smallest absolute Gasteiger partial charge is 0.269 e. The van der Waals surface area contributed by atoms with E-state index in [1.54, 1.807) is 0 Å². The van der Waals surface area contributed by atoms with Crippen molar-refractivity contribution in [2.45, 2.75) is 32.8 Å². The van der Waals surface area contributed by atoms with Crippen molar-refractivity contribution in [1.82, 2.24) is 4.90 Å². The molecule has 0 radical (unpaired) electrons. The number of nitrogens with zero attached hydrogens (tertiary/aromatic N) is 2. The molecule has 0 amide bonds. The third-order valence-corrected chi connectivity index (χ3v) is 5.29. The normalized spacial score (nSPS) is 13.6. The number of hydrogen-bond donors (Lipinski definition) is 1. The molecule has 1 aromatic rings. The van der Waals surface area contributed by atoms with Crippen LogP contribution in [0.25, 0.3) is 0 Å². The molecule has 25 heavy (non-hydrogen) atoms. The van der Waals surface area contributed by atoms with E-state index in [2.05, 4.69) is 4.90 Å². The number of rotatable bonds is 13. The van der Waals surface area contributed by atoms with Gasteiger partial charge in [0, 0.05) is 41.0 Å². The minimum Gasteiger partial charge on any atom is -0.491 e. The maximum atomic E-state index is 11.6. The molecular weight excluding hydrogens is 344 g/mol. The summed E-state index contributed by atoms with van der Waals surface area (Å²) in [7, 11) is -0.747. The second-order valence-corrected chi connectivity index (χ2v) is 7.51. The fourth-order valence-corrected chi connectivity index (χ4v) is 3.48. The zero-order chi connectivity index (χ0) is 18.7. The second kappa shape index (κ2) is 11.9. The van der Waals surface area contributed by atoms with E-state index in [9.17, 15) is 19.4 Å². The van der Waals surface area contributed by atoms with Gasteiger partial charge in [0.1, 0.15) is 18.5 Å². The van der Waals surface area contributed by atoms with Crippen molar-refractivity contribution in [3.05, 3.63) is 34.4 Å². The molecule has 0 aromatic heterocycles. The van der Waals surface area contributed by atoms with Crippen molar-refractivity contribution in [2.75, 3.05) is 37.7 Å². The number of benzene rings is 1. The minimum absolute atomic E-state index is 0.00511. The zero-order valence-corrected chi connectivity index (χ0v) is 15.7. The molecule has 1 aromatic carbocycles. The van der Waals surface area contributed by atoms with Gasteiger partial charge in [-0.3, -0.25) is 14.3 Å². The van der Waals surface area contributed by atoms with E-state index in [1.165, 1.54) is 24.3 Å². The van der Waals surface area contributed by atoms with Crippen LogP contribution in [0.5, 0.6) is 5.75 Å². The maximum absolute atomic E-state index is 11.6. The molecule has 0 aliphatic rings. The number of nitro groups is 1. The zero-order valence-electron chi connectivity index (χ0n) is 14.9. The first-order chi connectivity index (χ1) is 12.0. The molecule has 8 heteroatoms. The number of ether oxygens (including phenoxy) is 1. The molecule has 0 saturated heterocycles. The fraction of sp³-hybridized carbons (Fsp3) is 0.647. The third kappa shape index (κ3) is 8.94. The van der Waals surface area contributed by atoms with Crippen LogP contribution in [0.15, 0.2) is 24.3 Å². The van der Waals surface area contributed by atoms with Gasteiger partial charge in [0.2, 0.25) is 0 Å².